The fourth-order valence-corrected chi connectivity index (χ4v) is 2.77. The van der Waals surface area contributed by atoms with Crippen LogP contribution >= 0.6 is 0 Å². The first kappa shape index (κ1) is 13.4. The van der Waals surface area contributed by atoms with Gasteiger partial charge in [0, 0.05) is 19.0 Å². The molecule has 102 valence electrons. The molecule has 1 heterocycles. The van der Waals surface area contributed by atoms with Gasteiger partial charge in [0.05, 0.1) is 0 Å². The van der Waals surface area contributed by atoms with Gasteiger partial charge < -0.3 is 14.4 Å². The maximum Gasteiger partial charge on any atom is 0.410 e. The lowest BCUT2D eigenvalue weighted by atomic mass is 9.91. The third-order valence-electron chi connectivity index (χ3n) is 3.86. The van der Waals surface area contributed by atoms with Gasteiger partial charge in [-0.15, -0.1) is 0 Å². The molecule has 0 aromatic carbocycles. The predicted octanol–water partition coefficient (Wildman–Crippen LogP) is 2.47. The van der Waals surface area contributed by atoms with Crippen LogP contribution in [0.4, 0.5) is 4.79 Å². The van der Waals surface area contributed by atoms with E-state index in [1.165, 1.54) is 0 Å². The molecule has 0 unspecified atom stereocenters. The molecule has 1 saturated carbocycles. The molecule has 1 saturated heterocycles. The number of aldehydes is 1. The number of likely N-dealkylation sites (tertiary alicyclic amines) is 1. The highest BCUT2D eigenvalue weighted by molar-refractivity contribution is 5.68. The number of hydrogen-bond acceptors (Lipinski definition) is 3. The van der Waals surface area contributed by atoms with E-state index >= 15 is 0 Å². The zero-order valence-corrected chi connectivity index (χ0v) is 11.5. The Morgan fingerprint density at radius 2 is 1.89 bits per heavy atom. The van der Waals surface area contributed by atoms with Crippen LogP contribution in [0.1, 0.15) is 40.0 Å². The van der Waals surface area contributed by atoms with Crippen molar-refractivity contribution in [1.82, 2.24) is 4.90 Å². The van der Waals surface area contributed by atoms with E-state index < -0.39 is 5.60 Å². The van der Waals surface area contributed by atoms with Gasteiger partial charge in [-0.25, -0.2) is 4.79 Å². The first-order valence-corrected chi connectivity index (χ1v) is 6.84. The number of ether oxygens (including phenoxy) is 1. The Kier molecular flexibility index (Phi) is 3.64. The average Bonchev–Trinajstić information content (AvgIpc) is 3.06. The number of nitrogens with zero attached hydrogens (tertiary/aromatic N) is 1. The Balaban J connectivity index is 1.76. The van der Waals surface area contributed by atoms with Crippen LogP contribution in [0.2, 0.25) is 0 Å². The molecule has 2 aliphatic rings. The minimum absolute atomic E-state index is 0.205. The average molecular weight is 253 g/mol. The summed E-state index contributed by atoms with van der Waals surface area (Å²) in [5, 5.41) is 0. The van der Waals surface area contributed by atoms with Crippen LogP contribution in [0.25, 0.3) is 0 Å². The standard InChI is InChI=1S/C14H23NO3/c1-14(2,3)18-13(17)15-6-4-10(5-7-15)12-8-11(12)9-16/h9-12H,4-8H2,1-3H3/t11-,12+/m1/s1. The highest BCUT2D eigenvalue weighted by Gasteiger charge is 2.43. The second-order valence-corrected chi connectivity index (χ2v) is 6.50. The number of carbonyl (C=O) groups is 2. The highest BCUT2D eigenvalue weighted by atomic mass is 16.6. The second kappa shape index (κ2) is 4.90. The fourth-order valence-electron chi connectivity index (χ4n) is 2.77. The lowest BCUT2D eigenvalue weighted by Gasteiger charge is -2.33. The Morgan fingerprint density at radius 1 is 1.28 bits per heavy atom. The van der Waals surface area contributed by atoms with Crippen molar-refractivity contribution in [3.63, 3.8) is 0 Å². The summed E-state index contributed by atoms with van der Waals surface area (Å²) < 4.78 is 5.36. The molecule has 0 aromatic heterocycles. The molecular formula is C14H23NO3. The van der Waals surface area contributed by atoms with Gasteiger partial charge in [-0.2, -0.15) is 0 Å². The smallest absolute Gasteiger partial charge is 0.410 e. The van der Waals surface area contributed by atoms with Gasteiger partial charge in [0.2, 0.25) is 0 Å². The molecule has 0 spiro atoms. The molecule has 0 N–H and O–H groups in total. The monoisotopic (exact) mass is 253 g/mol. The zero-order valence-electron chi connectivity index (χ0n) is 11.5. The van der Waals surface area contributed by atoms with Gasteiger partial charge in [0.15, 0.2) is 0 Å². The largest absolute Gasteiger partial charge is 0.444 e. The van der Waals surface area contributed by atoms with Crippen LogP contribution in [-0.4, -0.2) is 36.0 Å². The molecule has 0 aromatic rings. The third kappa shape index (κ3) is 3.24. The summed E-state index contributed by atoms with van der Waals surface area (Å²) in [6, 6.07) is 0. The summed E-state index contributed by atoms with van der Waals surface area (Å²) in [4.78, 5) is 24.3. The summed E-state index contributed by atoms with van der Waals surface area (Å²) in [5.41, 5.74) is -0.424. The lowest BCUT2D eigenvalue weighted by Crippen LogP contribution is -2.42. The summed E-state index contributed by atoms with van der Waals surface area (Å²) in [6.07, 6.45) is 3.96. The zero-order chi connectivity index (χ0) is 13.3. The van der Waals surface area contributed by atoms with Crippen LogP contribution in [0, 0.1) is 17.8 Å². The van der Waals surface area contributed by atoms with Crippen LogP contribution < -0.4 is 0 Å². The number of carbonyl (C=O) groups excluding carboxylic acids is 2. The summed E-state index contributed by atoms with van der Waals surface area (Å²) >= 11 is 0. The van der Waals surface area contributed by atoms with Crippen molar-refractivity contribution in [2.24, 2.45) is 17.8 Å². The van der Waals surface area contributed by atoms with Crippen molar-refractivity contribution in [2.75, 3.05) is 13.1 Å². The maximum absolute atomic E-state index is 11.9. The van der Waals surface area contributed by atoms with Crippen molar-refractivity contribution >= 4 is 12.4 Å². The van der Waals surface area contributed by atoms with Crippen LogP contribution in [0.3, 0.4) is 0 Å². The van der Waals surface area contributed by atoms with Crippen molar-refractivity contribution in [1.29, 1.82) is 0 Å². The van der Waals surface area contributed by atoms with Gasteiger partial charge in [-0.3, -0.25) is 0 Å². The molecular weight excluding hydrogens is 230 g/mol. The summed E-state index contributed by atoms with van der Waals surface area (Å²) in [5.74, 6) is 1.50. The molecule has 2 atom stereocenters. The Hall–Kier alpha value is -1.06. The highest BCUT2D eigenvalue weighted by Crippen LogP contribution is 2.46. The van der Waals surface area contributed by atoms with E-state index in [1.54, 1.807) is 4.90 Å². The fraction of sp³-hybridized carbons (Fsp3) is 0.857. The Morgan fingerprint density at radius 3 is 2.33 bits per heavy atom. The third-order valence-corrected chi connectivity index (χ3v) is 3.86. The molecule has 1 aliphatic carbocycles. The van der Waals surface area contributed by atoms with Crippen molar-refractivity contribution in [3.8, 4) is 0 Å². The number of amides is 1. The number of rotatable bonds is 2. The molecule has 4 heteroatoms. The van der Waals surface area contributed by atoms with Gasteiger partial charge in [0.25, 0.3) is 0 Å². The number of hydrogen-bond donors (Lipinski definition) is 0. The van der Waals surface area contributed by atoms with Gasteiger partial charge in [0.1, 0.15) is 11.9 Å². The van der Waals surface area contributed by atoms with E-state index in [4.69, 9.17) is 4.74 Å². The summed E-state index contributed by atoms with van der Waals surface area (Å²) in [6.45, 7) is 7.19. The first-order chi connectivity index (χ1) is 8.40. The van der Waals surface area contributed by atoms with E-state index in [1.807, 2.05) is 20.8 Å². The van der Waals surface area contributed by atoms with Crippen molar-refractivity contribution < 1.29 is 14.3 Å². The molecule has 4 nitrogen and oxygen atoms in total. The predicted molar refractivity (Wildman–Crippen MR) is 68.2 cm³/mol. The maximum atomic E-state index is 11.9. The van der Waals surface area contributed by atoms with E-state index in [2.05, 4.69) is 0 Å². The van der Waals surface area contributed by atoms with Crippen molar-refractivity contribution in [3.05, 3.63) is 0 Å². The van der Waals surface area contributed by atoms with Crippen LogP contribution in [0.15, 0.2) is 0 Å². The van der Waals surface area contributed by atoms with Gasteiger partial charge >= 0.3 is 6.09 Å². The molecule has 0 radical (unpaired) electrons. The lowest BCUT2D eigenvalue weighted by molar-refractivity contribution is -0.109. The Labute approximate surface area is 109 Å². The normalized spacial score (nSPS) is 28.9. The molecule has 1 amide bonds. The minimum Gasteiger partial charge on any atom is -0.444 e. The number of piperidine rings is 1. The second-order valence-electron chi connectivity index (χ2n) is 6.50. The van der Waals surface area contributed by atoms with Crippen LogP contribution in [-0.2, 0) is 9.53 Å². The quantitative estimate of drug-likeness (QED) is 0.710. The molecule has 18 heavy (non-hydrogen) atoms. The molecule has 2 rings (SSSR count). The van der Waals surface area contributed by atoms with E-state index in [0.717, 1.165) is 38.6 Å². The van der Waals surface area contributed by atoms with Crippen molar-refractivity contribution in [2.45, 2.75) is 45.6 Å². The van der Waals surface area contributed by atoms with E-state index in [-0.39, 0.29) is 6.09 Å². The van der Waals surface area contributed by atoms with E-state index in [0.29, 0.717) is 17.8 Å². The molecule has 0 bridgehead atoms. The first-order valence-electron chi connectivity index (χ1n) is 6.84. The topological polar surface area (TPSA) is 46.6 Å². The SMILES string of the molecule is CC(C)(C)OC(=O)N1CCC([C@@H]2C[C@@H]2C=O)CC1. The van der Waals surface area contributed by atoms with Gasteiger partial charge in [-0.05, 0) is 51.9 Å². The van der Waals surface area contributed by atoms with E-state index in [9.17, 15) is 9.59 Å². The molecule has 2 fully saturated rings. The molecule has 1 aliphatic heterocycles. The van der Waals surface area contributed by atoms with Crippen LogP contribution in [0.5, 0.6) is 0 Å². The summed E-state index contributed by atoms with van der Waals surface area (Å²) in [7, 11) is 0. The minimum atomic E-state index is -0.424. The Bertz CT molecular complexity index is 326. The van der Waals surface area contributed by atoms with Gasteiger partial charge in [-0.1, -0.05) is 0 Å².